The van der Waals surface area contributed by atoms with Crippen LogP contribution in [-0.4, -0.2) is 12.6 Å². The van der Waals surface area contributed by atoms with Crippen LogP contribution in [0.3, 0.4) is 0 Å². The molecule has 3 rings (SSSR count). The van der Waals surface area contributed by atoms with Gasteiger partial charge in [0, 0.05) is 12.5 Å². The van der Waals surface area contributed by atoms with E-state index < -0.39 is 0 Å². The van der Waals surface area contributed by atoms with Crippen LogP contribution in [0.15, 0.2) is 77.4 Å². The number of furan rings is 1. The molecule has 0 saturated carbocycles. The van der Waals surface area contributed by atoms with E-state index in [-0.39, 0.29) is 6.10 Å². The Hall–Kier alpha value is -2.52. The number of nitrogens with one attached hydrogen (secondary N) is 1. The third kappa shape index (κ3) is 6.30. The van der Waals surface area contributed by atoms with Crippen LogP contribution in [0.4, 0.5) is 0 Å². The van der Waals surface area contributed by atoms with Gasteiger partial charge in [0.1, 0.15) is 11.5 Å². The summed E-state index contributed by atoms with van der Waals surface area (Å²) in [6, 6.07) is 23.0. The predicted molar refractivity (Wildman–Crippen MR) is 110 cm³/mol. The highest BCUT2D eigenvalue weighted by atomic mass is 16.5. The summed E-state index contributed by atoms with van der Waals surface area (Å²) in [5, 5.41) is 3.56. The van der Waals surface area contributed by atoms with Crippen molar-refractivity contribution in [3.63, 3.8) is 0 Å². The van der Waals surface area contributed by atoms with Crippen molar-refractivity contribution in [1.29, 1.82) is 0 Å². The summed E-state index contributed by atoms with van der Waals surface area (Å²) in [5.41, 5.74) is 2.61. The molecule has 2 aromatic carbocycles. The maximum absolute atomic E-state index is 5.69. The summed E-state index contributed by atoms with van der Waals surface area (Å²) < 4.78 is 11.4. The van der Waals surface area contributed by atoms with Gasteiger partial charge < -0.3 is 14.5 Å². The summed E-state index contributed by atoms with van der Waals surface area (Å²) in [4.78, 5) is 0. The van der Waals surface area contributed by atoms with E-state index in [0.29, 0.717) is 5.92 Å². The minimum absolute atomic E-state index is 0.206. The van der Waals surface area contributed by atoms with Gasteiger partial charge >= 0.3 is 0 Å². The number of hydrogen-bond acceptors (Lipinski definition) is 3. The van der Waals surface area contributed by atoms with Crippen LogP contribution in [0.2, 0.25) is 0 Å². The van der Waals surface area contributed by atoms with Crippen molar-refractivity contribution in [1.82, 2.24) is 5.32 Å². The van der Waals surface area contributed by atoms with E-state index in [4.69, 9.17) is 9.15 Å². The monoisotopic (exact) mass is 363 g/mol. The van der Waals surface area contributed by atoms with Gasteiger partial charge in [0.25, 0.3) is 0 Å². The Morgan fingerprint density at radius 1 is 0.889 bits per heavy atom. The maximum atomic E-state index is 5.69. The summed E-state index contributed by atoms with van der Waals surface area (Å²) in [5.74, 6) is 2.38. The highest BCUT2D eigenvalue weighted by molar-refractivity contribution is 5.27. The molecule has 3 aromatic rings. The molecular formula is C24H29NO2. The minimum Gasteiger partial charge on any atom is -0.491 e. The molecule has 1 aromatic heterocycles. The predicted octanol–water partition coefficient (Wildman–Crippen LogP) is 5.57. The summed E-state index contributed by atoms with van der Waals surface area (Å²) in [6.07, 6.45) is 4.01. The molecule has 0 spiro atoms. The van der Waals surface area contributed by atoms with Crippen LogP contribution in [-0.2, 0) is 13.0 Å². The fourth-order valence-corrected chi connectivity index (χ4v) is 3.23. The van der Waals surface area contributed by atoms with E-state index in [2.05, 4.69) is 53.8 Å². The van der Waals surface area contributed by atoms with Gasteiger partial charge in [-0.3, -0.25) is 0 Å². The van der Waals surface area contributed by atoms with Gasteiger partial charge in [0.2, 0.25) is 0 Å². The second-order valence-corrected chi connectivity index (χ2v) is 7.18. The Bertz CT molecular complexity index is 764. The zero-order valence-corrected chi connectivity index (χ0v) is 16.2. The standard InChI is InChI=1S/C24H29NO2/c1-19(2)27-23-12-10-21(11-13-23)18-25-15-14-22(24-9-6-16-26-24)17-20-7-4-3-5-8-20/h3-13,16,19,22,25H,14-15,17-18H2,1-2H3. The summed E-state index contributed by atoms with van der Waals surface area (Å²) in [6.45, 7) is 5.89. The molecule has 0 saturated heterocycles. The first-order valence-electron chi connectivity index (χ1n) is 9.74. The van der Waals surface area contributed by atoms with Gasteiger partial charge in [-0.1, -0.05) is 42.5 Å². The molecule has 142 valence electrons. The number of benzene rings is 2. The van der Waals surface area contributed by atoms with E-state index >= 15 is 0 Å². The quantitative estimate of drug-likeness (QED) is 0.478. The Labute approximate surface area is 162 Å². The van der Waals surface area contributed by atoms with Crippen molar-refractivity contribution in [3.05, 3.63) is 89.9 Å². The molecule has 0 fully saturated rings. The molecule has 0 aliphatic rings. The number of hydrogen-bond donors (Lipinski definition) is 1. The molecule has 0 radical (unpaired) electrons. The van der Waals surface area contributed by atoms with Crippen LogP contribution < -0.4 is 10.1 Å². The molecular weight excluding hydrogens is 334 g/mol. The molecule has 3 heteroatoms. The van der Waals surface area contributed by atoms with Crippen LogP contribution in [0, 0.1) is 0 Å². The lowest BCUT2D eigenvalue weighted by Gasteiger charge is -2.15. The first-order chi connectivity index (χ1) is 13.2. The Kier molecular flexibility index (Phi) is 7.11. The minimum atomic E-state index is 0.206. The first kappa shape index (κ1) is 19.2. The van der Waals surface area contributed by atoms with Gasteiger partial charge in [-0.15, -0.1) is 0 Å². The molecule has 1 N–H and O–H groups in total. The van der Waals surface area contributed by atoms with Gasteiger partial charge in [-0.05, 0) is 68.6 Å². The second-order valence-electron chi connectivity index (χ2n) is 7.18. The van der Waals surface area contributed by atoms with Crippen molar-refractivity contribution < 1.29 is 9.15 Å². The van der Waals surface area contributed by atoms with Crippen molar-refractivity contribution >= 4 is 0 Å². The fraction of sp³-hybridized carbons (Fsp3) is 0.333. The van der Waals surface area contributed by atoms with E-state index in [0.717, 1.165) is 37.4 Å². The molecule has 1 heterocycles. The van der Waals surface area contributed by atoms with E-state index in [1.807, 2.05) is 32.0 Å². The van der Waals surface area contributed by atoms with Crippen molar-refractivity contribution in [3.8, 4) is 5.75 Å². The normalized spacial score (nSPS) is 12.3. The maximum Gasteiger partial charge on any atom is 0.119 e. The second kappa shape index (κ2) is 9.98. The lowest BCUT2D eigenvalue weighted by molar-refractivity contribution is 0.242. The lowest BCUT2D eigenvalue weighted by Crippen LogP contribution is -2.18. The van der Waals surface area contributed by atoms with Gasteiger partial charge in [0.05, 0.1) is 12.4 Å². The van der Waals surface area contributed by atoms with Crippen molar-refractivity contribution in [2.45, 2.75) is 45.3 Å². The molecule has 0 bridgehead atoms. The topological polar surface area (TPSA) is 34.4 Å². The smallest absolute Gasteiger partial charge is 0.119 e. The fourth-order valence-electron chi connectivity index (χ4n) is 3.23. The SMILES string of the molecule is CC(C)Oc1ccc(CNCCC(Cc2ccccc2)c2ccco2)cc1. The van der Waals surface area contributed by atoms with Crippen LogP contribution >= 0.6 is 0 Å². The van der Waals surface area contributed by atoms with Crippen molar-refractivity contribution in [2.75, 3.05) is 6.54 Å². The van der Waals surface area contributed by atoms with Crippen LogP contribution in [0.1, 0.15) is 43.1 Å². The Morgan fingerprint density at radius 3 is 2.33 bits per heavy atom. The number of rotatable bonds is 10. The molecule has 3 nitrogen and oxygen atoms in total. The van der Waals surface area contributed by atoms with E-state index in [9.17, 15) is 0 Å². The summed E-state index contributed by atoms with van der Waals surface area (Å²) >= 11 is 0. The Balaban J connectivity index is 1.49. The molecule has 1 unspecified atom stereocenters. The average molecular weight is 364 g/mol. The molecule has 1 atom stereocenters. The molecule has 0 amide bonds. The largest absolute Gasteiger partial charge is 0.491 e. The zero-order valence-electron chi connectivity index (χ0n) is 16.2. The van der Waals surface area contributed by atoms with Gasteiger partial charge in [-0.2, -0.15) is 0 Å². The summed E-state index contributed by atoms with van der Waals surface area (Å²) in [7, 11) is 0. The van der Waals surface area contributed by atoms with E-state index in [1.54, 1.807) is 6.26 Å². The van der Waals surface area contributed by atoms with Gasteiger partial charge in [0.15, 0.2) is 0 Å². The van der Waals surface area contributed by atoms with Gasteiger partial charge in [-0.25, -0.2) is 0 Å². The highest BCUT2D eigenvalue weighted by Gasteiger charge is 2.15. The zero-order chi connectivity index (χ0) is 18.9. The lowest BCUT2D eigenvalue weighted by atomic mass is 9.94. The van der Waals surface area contributed by atoms with Crippen molar-refractivity contribution in [2.24, 2.45) is 0 Å². The highest BCUT2D eigenvalue weighted by Crippen LogP contribution is 2.24. The third-order valence-corrected chi connectivity index (χ3v) is 4.56. The van der Waals surface area contributed by atoms with Crippen LogP contribution in [0.5, 0.6) is 5.75 Å². The molecule has 27 heavy (non-hydrogen) atoms. The molecule has 0 aliphatic carbocycles. The molecule has 0 aliphatic heterocycles. The third-order valence-electron chi connectivity index (χ3n) is 4.56. The van der Waals surface area contributed by atoms with Crippen LogP contribution in [0.25, 0.3) is 0 Å². The number of ether oxygens (including phenoxy) is 1. The Morgan fingerprint density at radius 2 is 1.67 bits per heavy atom. The average Bonchev–Trinajstić information content (AvgIpc) is 3.20. The van der Waals surface area contributed by atoms with E-state index in [1.165, 1.54) is 11.1 Å². The first-order valence-corrected chi connectivity index (χ1v) is 9.74.